The third-order valence-electron chi connectivity index (χ3n) is 5.21. The van der Waals surface area contributed by atoms with E-state index in [2.05, 4.69) is 44.7 Å². The molecule has 1 aromatic carbocycles. The first-order valence-corrected chi connectivity index (χ1v) is 12.7. The summed E-state index contributed by atoms with van der Waals surface area (Å²) in [6.45, 7) is 4.61. The summed E-state index contributed by atoms with van der Waals surface area (Å²) in [6, 6.07) is 9.93. The normalized spacial score (nSPS) is 17.5. The number of nitrogens with two attached hydrogens (primary N) is 2. The molecule has 1 atom stereocenters. The van der Waals surface area contributed by atoms with Crippen molar-refractivity contribution in [2.45, 2.75) is 31.0 Å². The first-order valence-electron chi connectivity index (χ1n) is 10.7. The number of hydrogen-bond acceptors (Lipinski definition) is 10. The summed E-state index contributed by atoms with van der Waals surface area (Å²) in [7, 11) is 0. The van der Waals surface area contributed by atoms with Crippen molar-refractivity contribution in [3.8, 4) is 11.4 Å². The van der Waals surface area contributed by atoms with Gasteiger partial charge in [-0.05, 0) is 18.1 Å². The Bertz CT molecular complexity index is 1310. The molecule has 1 aliphatic rings. The second-order valence-corrected chi connectivity index (χ2v) is 9.89. The second-order valence-electron chi connectivity index (χ2n) is 7.36. The van der Waals surface area contributed by atoms with Crippen LogP contribution in [0.15, 0.2) is 40.5 Å². The minimum Gasteiger partial charge on any atom is -0.350 e. The molecular weight excluding hydrogens is 458 g/mol. The average Bonchev–Trinajstić information content (AvgIpc) is 3.55. The molecule has 172 valence electrons. The molecule has 5 rings (SSSR count). The smallest absolute Gasteiger partial charge is 0.202 e. The Balaban J connectivity index is 1.62. The zero-order chi connectivity index (χ0) is 23.0. The predicted octanol–water partition coefficient (Wildman–Crippen LogP) is 2.08. The summed E-state index contributed by atoms with van der Waals surface area (Å²) in [5.41, 5.74) is 13.9. The Hall–Kier alpha value is -2.87. The van der Waals surface area contributed by atoms with Gasteiger partial charge in [-0.25, -0.2) is 4.52 Å². The van der Waals surface area contributed by atoms with Crippen molar-refractivity contribution in [3.05, 3.63) is 42.0 Å². The van der Waals surface area contributed by atoms with Gasteiger partial charge >= 0.3 is 0 Å². The maximum Gasteiger partial charge on any atom is 0.202 e. The number of aromatic nitrogens is 7. The molecule has 0 spiro atoms. The summed E-state index contributed by atoms with van der Waals surface area (Å²) in [6.07, 6.45) is 0.562. The Morgan fingerprint density at radius 3 is 2.58 bits per heavy atom. The highest BCUT2D eigenvalue weighted by atomic mass is 32.2. The fraction of sp³-hybridized carbons (Fsp3) is 0.350. The number of hydrogen-bond donors (Lipinski definition) is 4. The van der Waals surface area contributed by atoms with Crippen LogP contribution in [0.1, 0.15) is 25.5 Å². The van der Waals surface area contributed by atoms with Gasteiger partial charge in [0.2, 0.25) is 17.1 Å². The number of nitrogens with one attached hydrogen (secondary N) is 2. The van der Waals surface area contributed by atoms with Gasteiger partial charge in [0.05, 0.1) is 0 Å². The van der Waals surface area contributed by atoms with E-state index in [0.717, 1.165) is 33.6 Å². The van der Waals surface area contributed by atoms with Gasteiger partial charge in [0.1, 0.15) is 15.8 Å². The number of thioether (sulfide) groups is 2. The van der Waals surface area contributed by atoms with Crippen LogP contribution in [-0.4, -0.2) is 57.8 Å². The average molecular weight is 484 g/mol. The van der Waals surface area contributed by atoms with Gasteiger partial charge in [-0.2, -0.15) is 9.78 Å². The summed E-state index contributed by atoms with van der Waals surface area (Å²) >= 11 is 3.22. The lowest BCUT2D eigenvalue weighted by atomic mass is 10.2. The minimum atomic E-state index is -1.16. The second kappa shape index (κ2) is 8.82. The highest BCUT2D eigenvalue weighted by molar-refractivity contribution is 8.14. The lowest BCUT2D eigenvalue weighted by molar-refractivity contribution is 0.641. The van der Waals surface area contributed by atoms with Crippen molar-refractivity contribution in [2.75, 3.05) is 23.4 Å². The molecule has 1 unspecified atom stereocenters. The monoisotopic (exact) mass is 483 g/mol. The first-order chi connectivity index (χ1) is 16.1. The lowest BCUT2D eigenvalue weighted by Gasteiger charge is -2.25. The van der Waals surface area contributed by atoms with E-state index in [1.54, 1.807) is 28.2 Å². The predicted molar refractivity (Wildman–Crippen MR) is 132 cm³/mol. The van der Waals surface area contributed by atoms with E-state index < -0.39 is 5.66 Å². The van der Waals surface area contributed by atoms with E-state index in [9.17, 15) is 0 Å². The molecule has 0 bridgehead atoms. The van der Waals surface area contributed by atoms with E-state index in [1.807, 2.05) is 34.8 Å². The third kappa shape index (κ3) is 3.60. The largest absolute Gasteiger partial charge is 0.350 e. The highest BCUT2D eigenvalue weighted by Gasteiger charge is 2.46. The Labute approximate surface area is 198 Å². The molecule has 4 aromatic rings. The zero-order valence-electron chi connectivity index (χ0n) is 18.3. The van der Waals surface area contributed by atoms with Crippen molar-refractivity contribution in [2.24, 2.45) is 16.6 Å². The van der Waals surface area contributed by atoms with Gasteiger partial charge in [-0.15, -0.1) is 43.9 Å². The van der Waals surface area contributed by atoms with Gasteiger partial charge in [-0.1, -0.05) is 44.2 Å². The number of rotatable bonds is 8. The van der Waals surface area contributed by atoms with Crippen molar-refractivity contribution in [3.63, 3.8) is 0 Å². The Morgan fingerprint density at radius 2 is 1.85 bits per heavy atom. The summed E-state index contributed by atoms with van der Waals surface area (Å²) in [5.74, 6) is 3.61. The molecule has 0 fully saturated rings. The van der Waals surface area contributed by atoms with Crippen LogP contribution in [0, 0.1) is 0 Å². The van der Waals surface area contributed by atoms with Gasteiger partial charge in [0, 0.05) is 12.0 Å². The molecule has 3 aromatic heterocycles. The SMILES string of the molecule is CCSC1=Nn2c(CCN)nnc2C1(N)Nc1c(SCC)[nH]n2c(-c3ccccc3)nnc12. The highest BCUT2D eigenvalue weighted by Crippen LogP contribution is 2.38. The van der Waals surface area contributed by atoms with Gasteiger partial charge in [-0.3, -0.25) is 10.8 Å². The number of H-pyrrole nitrogens is 1. The molecule has 33 heavy (non-hydrogen) atoms. The number of fused-ring (bicyclic) bond motifs is 2. The van der Waals surface area contributed by atoms with Gasteiger partial charge in [0.15, 0.2) is 11.6 Å². The minimum absolute atomic E-state index is 0.451. The molecule has 11 nitrogen and oxygen atoms in total. The van der Waals surface area contributed by atoms with Crippen LogP contribution >= 0.6 is 23.5 Å². The molecule has 13 heteroatoms. The molecule has 6 N–H and O–H groups in total. The number of anilines is 1. The first kappa shape index (κ1) is 21.9. The summed E-state index contributed by atoms with van der Waals surface area (Å²) in [5, 5.41) is 30.8. The summed E-state index contributed by atoms with van der Waals surface area (Å²) in [4.78, 5) is 0. The maximum absolute atomic E-state index is 6.98. The molecular formula is C20H25N11S2. The van der Waals surface area contributed by atoms with Crippen molar-refractivity contribution < 1.29 is 0 Å². The van der Waals surface area contributed by atoms with E-state index in [0.29, 0.717) is 35.3 Å². The van der Waals surface area contributed by atoms with E-state index in [-0.39, 0.29) is 0 Å². The standard InChI is InChI=1S/C20H25N11S2/c1-3-32-17-14(16-26-25-15(31(16)28-17)12-8-6-5-7-9-12)23-20(22)18-27-24-13(10-11-21)30(18)29-19(20)33-4-2/h5-9,23,28H,3-4,10-11,21-22H2,1-2H3. The summed E-state index contributed by atoms with van der Waals surface area (Å²) < 4.78 is 3.58. The van der Waals surface area contributed by atoms with E-state index in [1.165, 1.54) is 0 Å². The van der Waals surface area contributed by atoms with Crippen LogP contribution in [0.4, 0.5) is 5.69 Å². The van der Waals surface area contributed by atoms with E-state index in [4.69, 9.17) is 16.6 Å². The van der Waals surface area contributed by atoms with Gasteiger partial charge < -0.3 is 11.1 Å². The number of benzene rings is 1. The molecule has 0 saturated carbocycles. The Morgan fingerprint density at radius 1 is 1.06 bits per heavy atom. The van der Waals surface area contributed by atoms with Crippen LogP contribution in [0.25, 0.3) is 17.0 Å². The van der Waals surface area contributed by atoms with Crippen LogP contribution < -0.4 is 16.8 Å². The molecule has 0 amide bonds. The molecule has 0 radical (unpaired) electrons. The lowest BCUT2D eigenvalue weighted by Crippen LogP contribution is -2.49. The Kier molecular flexibility index (Phi) is 5.86. The van der Waals surface area contributed by atoms with Crippen molar-refractivity contribution >= 4 is 39.9 Å². The van der Waals surface area contributed by atoms with Crippen LogP contribution in [0.3, 0.4) is 0 Å². The van der Waals surface area contributed by atoms with Crippen molar-refractivity contribution in [1.29, 1.82) is 0 Å². The fourth-order valence-electron chi connectivity index (χ4n) is 3.75. The molecule has 0 saturated heterocycles. The topological polar surface area (TPSA) is 153 Å². The quantitative estimate of drug-likeness (QED) is 0.218. The van der Waals surface area contributed by atoms with Crippen LogP contribution in [-0.2, 0) is 12.1 Å². The fourth-order valence-corrected chi connectivity index (χ4v) is 5.26. The molecule has 1 aliphatic heterocycles. The zero-order valence-corrected chi connectivity index (χ0v) is 19.9. The van der Waals surface area contributed by atoms with E-state index >= 15 is 0 Å². The van der Waals surface area contributed by atoms with Crippen LogP contribution in [0.5, 0.6) is 0 Å². The number of aromatic amines is 1. The molecule has 0 aliphatic carbocycles. The maximum atomic E-state index is 6.98. The van der Waals surface area contributed by atoms with Crippen LogP contribution in [0.2, 0.25) is 0 Å². The van der Waals surface area contributed by atoms with Gasteiger partial charge in [0.25, 0.3) is 0 Å². The van der Waals surface area contributed by atoms with Crippen molar-refractivity contribution in [1.82, 2.24) is 34.7 Å². The third-order valence-corrected chi connectivity index (χ3v) is 7.04. The number of nitrogens with zero attached hydrogens (tertiary/aromatic N) is 7. The molecule has 4 heterocycles.